The van der Waals surface area contributed by atoms with Crippen molar-refractivity contribution in [3.8, 4) is 0 Å². The van der Waals surface area contributed by atoms with E-state index in [1.807, 2.05) is 18.2 Å². The van der Waals surface area contributed by atoms with Crippen LogP contribution in [0.25, 0.3) is 11.1 Å². The first-order chi connectivity index (χ1) is 10.1. The molecule has 7 nitrogen and oxygen atoms in total. The van der Waals surface area contributed by atoms with Crippen molar-refractivity contribution in [1.29, 1.82) is 0 Å². The summed E-state index contributed by atoms with van der Waals surface area (Å²) in [6.45, 7) is 0.0976. The number of rotatable bonds is 7. The van der Waals surface area contributed by atoms with Crippen LogP contribution in [0.4, 0.5) is 0 Å². The SMILES string of the molecule is O=C(CSc1nc2ccccc2o1)NCC[C@H](O)C(=O)O. The second kappa shape index (κ2) is 7.09. The van der Waals surface area contributed by atoms with Crippen LogP contribution in [0.2, 0.25) is 0 Å². The first kappa shape index (κ1) is 15.3. The fourth-order valence-electron chi connectivity index (χ4n) is 1.56. The standard InChI is InChI=1S/C13H14N2O5S/c16-9(12(18)19)5-6-14-11(17)7-21-13-15-8-3-1-2-4-10(8)20-13/h1-4,9,16H,5-7H2,(H,14,17)(H,18,19)/t9-/m0/s1. The zero-order valence-electron chi connectivity index (χ0n) is 11.0. The Morgan fingerprint density at radius 3 is 2.86 bits per heavy atom. The minimum Gasteiger partial charge on any atom is -0.479 e. The summed E-state index contributed by atoms with van der Waals surface area (Å²) in [5, 5.41) is 20.4. The van der Waals surface area contributed by atoms with Crippen molar-refractivity contribution in [2.24, 2.45) is 0 Å². The molecule has 0 bridgehead atoms. The number of thioether (sulfide) groups is 1. The highest BCUT2D eigenvalue weighted by atomic mass is 32.2. The molecule has 0 aliphatic rings. The predicted octanol–water partition coefficient (Wildman–Crippen LogP) is 0.872. The van der Waals surface area contributed by atoms with Crippen LogP contribution in [0.1, 0.15) is 6.42 Å². The van der Waals surface area contributed by atoms with Crippen molar-refractivity contribution in [2.45, 2.75) is 17.7 Å². The average molecular weight is 310 g/mol. The predicted molar refractivity (Wildman–Crippen MR) is 76.0 cm³/mol. The maximum atomic E-state index is 11.6. The number of amides is 1. The lowest BCUT2D eigenvalue weighted by Gasteiger charge is -2.06. The first-order valence-electron chi connectivity index (χ1n) is 6.22. The normalized spacial score (nSPS) is 12.2. The van der Waals surface area contributed by atoms with Crippen LogP contribution >= 0.6 is 11.8 Å². The summed E-state index contributed by atoms with van der Waals surface area (Å²) in [5.41, 5.74) is 1.38. The van der Waals surface area contributed by atoms with Crippen molar-refractivity contribution in [1.82, 2.24) is 10.3 Å². The van der Waals surface area contributed by atoms with Crippen LogP contribution in [0.5, 0.6) is 0 Å². The molecule has 8 heteroatoms. The largest absolute Gasteiger partial charge is 0.479 e. The number of aromatic nitrogens is 1. The molecule has 112 valence electrons. The lowest BCUT2D eigenvalue weighted by Crippen LogP contribution is -2.31. The molecule has 2 aromatic rings. The molecule has 1 aromatic heterocycles. The van der Waals surface area contributed by atoms with Crippen molar-refractivity contribution in [3.05, 3.63) is 24.3 Å². The molecule has 2 rings (SSSR count). The Hall–Kier alpha value is -2.06. The number of carboxylic acids is 1. The number of hydrogen-bond donors (Lipinski definition) is 3. The number of nitrogens with one attached hydrogen (secondary N) is 1. The van der Waals surface area contributed by atoms with E-state index in [4.69, 9.17) is 14.6 Å². The quantitative estimate of drug-likeness (QED) is 0.650. The van der Waals surface area contributed by atoms with Gasteiger partial charge in [-0.05, 0) is 12.1 Å². The molecule has 3 N–H and O–H groups in total. The van der Waals surface area contributed by atoms with E-state index in [9.17, 15) is 9.59 Å². The van der Waals surface area contributed by atoms with Crippen molar-refractivity contribution >= 4 is 34.7 Å². The second-order valence-corrected chi connectivity index (χ2v) is 5.16. The summed E-state index contributed by atoms with van der Waals surface area (Å²) < 4.78 is 5.45. The van der Waals surface area contributed by atoms with Crippen LogP contribution in [-0.2, 0) is 9.59 Å². The number of nitrogens with zero attached hydrogens (tertiary/aromatic N) is 1. The Morgan fingerprint density at radius 2 is 2.14 bits per heavy atom. The lowest BCUT2D eigenvalue weighted by atomic mass is 10.2. The monoisotopic (exact) mass is 310 g/mol. The van der Waals surface area contributed by atoms with Crippen molar-refractivity contribution in [3.63, 3.8) is 0 Å². The Kier molecular flexibility index (Phi) is 5.18. The van der Waals surface area contributed by atoms with Crippen molar-refractivity contribution < 1.29 is 24.2 Å². The van der Waals surface area contributed by atoms with E-state index in [0.717, 1.165) is 17.3 Å². The number of hydrogen-bond acceptors (Lipinski definition) is 6. The highest BCUT2D eigenvalue weighted by Gasteiger charge is 2.13. The number of para-hydroxylation sites is 2. The number of fused-ring (bicyclic) bond motifs is 1. The molecular weight excluding hydrogens is 296 g/mol. The summed E-state index contributed by atoms with van der Waals surface area (Å²) in [7, 11) is 0. The average Bonchev–Trinajstić information content (AvgIpc) is 2.87. The van der Waals surface area contributed by atoms with Crippen LogP contribution in [0.15, 0.2) is 33.9 Å². The Morgan fingerprint density at radius 1 is 1.38 bits per heavy atom. The highest BCUT2D eigenvalue weighted by molar-refractivity contribution is 7.99. The van der Waals surface area contributed by atoms with Gasteiger partial charge in [-0.25, -0.2) is 9.78 Å². The summed E-state index contributed by atoms with van der Waals surface area (Å²) >= 11 is 1.15. The molecular formula is C13H14N2O5S. The minimum atomic E-state index is -1.46. The number of carboxylic acid groups (broad SMARTS) is 1. The Balaban J connectivity index is 1.75. The number of benzene rings is 1. The molecule has 0 radical (unpaired) electrons. The smallest absolute Gasteiger partial charge is 0.332 e. The van der Waals surface area contributed by atoms with E-state index in [-0.39, 0.29) is 24.6 Å². The maximum Gasteiger partial charge on any atom is 0.332 e. The van der Waals surface area contributed by atoms with Crippen LogP contribution in [-0.4, -0.2) is 45.5 Å². The second-order valence-electron chi connectivity index (χ2n) is 4.23. The lowest BCUT2D eigenvalue weighted by molar-refractivity contribution is -0.147. The molecule has 1 aromatic carbocycles. The minimum absolute atomic E-state index is 0.0331. The molecule has 1 heterocycles. The molecule has 0 aliphatic carbocycles. The van der Waals surface area contributed by atoms with Gasteiger partial charge in [0.15, 0.2) is 11.7 Å². The van der Waals surface area contributed by atoms with Gasteiger partial charge in [0.2, 0.25) is 5.91 Å². The van der Waals surface area contributed by atoms with E-state index >= 15 is 0 Å². The van der Waals surface area contributed by atoms with E-state index in [0.29, 0.717) is 10.8 Å². The molecule has 1 amide bonds. The van der Waals surface area contributed by atoms with Gasteiger partial charge in [0.1, 0.15) is 5.52 Å². The van der Waals surface area contributed by atoms with Gasteiger partial charge in [-0.1, -0.05) is 23.9 Å². The van der Waals surface area contributed by atoms with E-state index < -0.39 is 12.1 Å². The summed E-state index contributed by atoms with van der Waals surface area (Å²) in [5.74, 6) is -1.47. The molecule has 1 atom stereocenters. The molecule has 0 saturated heterocycles. The number of aliphatic hydroxyl groups is 1. The van der Waals surface area contributed by atoms with Gasteiger partial charge in [-0.2, -0.15) is 0 Å². The van der Waals surface area contributed by atoms with Gasteiger partial charge in [0.25, 0.3) is 5.22 Å². The third kappa shape index (κ3) is 4.47. The Bertz CT molecular complexity index is 609. The number of oxazole rings is 1. The molecule has 0 spiro atoms. The molecule has 0 unspecified atom stereocenters. The Labute approximate surface area is 124 Å². The summed E-state index contributed by atoms with van der Waals surface area (Å²) in [6, 6.07) is 7.29. The van der Waals surface area contributed by atoms with Gasteiger partial charge < -0.3 is 19.9 Å². The van der Waals surface area contributed by atoms with Crippen molar-refractivity contribution in [2.75, 3.05) is 12.3 Å². The molecule has 0 saturated carbocycles. The fourth-order valence-corrected chi connectivity index (χ4v) is 2.23. The van der Waals surface area contributed by atoms with Crippen LogP contribution in [0.3, 0.4) is 0 Å². The first-order valence-corrected chi connectivity index (χ1v) is 7.21. The zero-order valence-corrected chi connectivity index (χ0v) is 11.8. The zero-order chi connectivity index (χ0) is 15.2. The van der Waals surface area contributed by atoms with Gasteiger partial charge in [-0.3, -0.25) is 4.79 Å². The third-order valence-corrected chi connectivity index (χ3v) is 3.45. The van der Waals surface area contributed by atoms with Gasteiger partial charge in [0, 0.05) is 13.0 Å². The summed E-state index contributed by atoms with van der Waals surface area (Å²) in [4.78, 5) is 26.2. The third-order valence-electron chi connectivity index (χ3n) is 2.63. The van der Waals surface area contributed by atoms with Gasteiger partial charge in [-0.15, -0.1) is 0 Å². The van der Waals surface area contributed by atoms with Gasteiger partial charge >= 0.3 is 5.97 Å². The molecule has 0 aliphatic heterocycles. The highest BCUT2D eigenvalue weighted by Crippen LogP contribution is 2.22. The number of carbonyl (C=O) groups excluding carboxylic acids is 1. The number of aliphatic hydroxyl groups excluding tert-OH is 1. The van der Waals surface area contributed by atoms with E-state index in [1.165, 1.54) is 0 Å². The van der Waals surface area contributed by atoms with E-state index in [2.05, 4.69) is 10.3 Å². The molecule has 0 fully saturated rings. The van der Waals surface area contributed by atoms with E-state index in [1.54, 1.807) is 6.07 Å². The summed E-state index contributed by atoms with van der Waals surface area (Å²) in [6.07, 6.45) is -1.50. The van der Waals surface area contributed by atoms with Crippen LogP contribution < -0.4 is 5.32 Å². The topological polar surface area (TPSA) is 113 Å². The van der Waals surface area contributed by atoms with Crippen LogP contribution in [0, 0.1) is 0 Å². The molecule has 21 heavy (non-hydrogen) atoms. The maximum absolute atomic E-state index is 11.6. The van der Waals surface area contributed by atoms with Gasteiger partial charge in [0.05, 0.1) is 5.75 Å². The number of aliphatic carboxylic acids is 1. The number of carbonyl (C=O) groups is 2. The fraction of sp³-hybridized carbons (Fsp3) is 0.308.